The van der Waals surface area contributed by atoms with Crippen molar-refractivity contribution < 1.29 is 23.8 Å². The van der Waals surface area contributed by atoms with E-state index < -0.39 is 23.6 Å². The lowest BCUT2D eigenvalue weighted by Crippen LogP contribution is -2.55. The van der Waals surface area contributed by atoms with Gasteiger partial charge in [-0.2, -0.15) is 0 Å². The maximum absolute atomic E-state index is 12.9. The molecule has 1 saturated carbocycles. The van der Waals surface area contributed by atoms with Gasteiger partial charge in [0.15, 0.2) is 11.8 Å². The number of furan rings is 1. The molecule has 0 bridgehead atoms. The van der Waals surface area contributed by atoms with Gasteiger partial charge in [0.05, 0.1) is 12.9 Å². The number of carbonyl (C=O) groups excluding carboxylic acids is 1. The van der Waals surface area contributed by atoms with E-state index in [0.29, 0.717) is 18.8 Å². The molecule has 132 valence electrons. The van der Waals surface area contributed by atoms with E-state index >= 15 is 0 Å². The number of carboxylic acids is 1. The van der Waals surface area contributed by atoms with Crippen LogP contribution in [0.3, 0.4) is 0 Å². The molecule has 6 nitrogen and oxygen atoms in total. The van der Waals surface area contributed by atoms with Gasteiger partial charge in [-0.15, -0.1) is 0 Å². The van der Waals surface area contributed by atoms with Crippen molar-refractivity contribution in [3.05, 3.63) is 24.2 Å². The smallest absolute Gasteiger partial charge is 0.328 e. The van der Waals surface area contributed by atoms with Crippen LogP contribution >= 0.6 is 0 Å². The number of aliphatic carboxylic acids is 1. The number of ether oxygens (including phenoxy) is 1. The van der Waals surface area contributed by atoms with Crippen LogP contribution in [0, 0.1) is 11.3 Å². The van der Waals surface area contributed by atoms with Crippen molar-refractivity contribution >= 4 is 11.9 Å². The second kappa shape index (κ2) is 5.92. The molecule has 1 aromatic heterocycles. The molecule has 3 rings (SSSR count). The molecular weight excluding hydrogens is 310 g/mol. The lowest BCUT2D eigenvalue weighted by molar-refractivity contribution is -0.144. The first-order valence-corrected chi connectivity index (χ1v) is 8.48. The third kappa shape index (κ3) is 2.83. The Labute approximate surface area is 141 Å². The molecule has 24 heavy (non-hydrogen) atoms. The number of amides is 1. The van der Waals surface area contributed by atoms with Gasteiger partial charge in [0.1, 0.15) is 5.72 Å². The molecule has 0 radical (unpaired) electrons. The molecule has 1 spiro atoms. The molecule has 1 saturated heterocycles. The summed E-state index contributed by atoms with van der Waals surface area (Å²) in [6, 6.07) is 2.23. The van der Waals surface area contributed by atoms with Crippen LogP contribution in [0.5, 0.6) is 0 Å². The summed E-state index contributed by atoms with van der Waals surface area (Å²) < 4.78 is 11.1. The highest BCUT2D eigenvalue weighted by atomic mass is 16.5. The summed E-state index contributed by atoms with van der Waals surface area (Å²) in [6.45, 7) is 6.69. The van der Waals surface area contributed by atoms with Crippen molar-refractivity contribution in [2.45, 2.75) is 58.2 Å². The molecule has 1 amide bonds. The number of carbonyl (C=O) groups is 2. The Balaban J connectivity index is 1.87. The highest BCUT2D eigenvalue weighted by Crippen LogP contribution is 2.47. The van der Waals surface area contributed by atoms with Crippen LogP contribution in [-0.2, 0) is 9.53 Å². The minimum Gasteiger partial charge on any atom is -0.480 e. The fourth-order valence-electron chi connectivity index (χ4n) is 4.01. The number of nitrogens with zero attached hydrogens (tertiary/aromatic N) is 1. The molecular formula is C18H25NO5. The van der Waals surface area contributed by atoms with Gasteiger partial charge in [0.2, 0.25) is 0 Å². The molecule has 2 aliphatic rings. The lowest BCUT2D eigenvalue weighted by Gasteiger charge is -2.45. The lowest BCUT2D eigenvalue weighted by atomic mass is 9.70. The summed E-state index contributed by atoms with van der Waals surface area (Å²) in [5, 5.41) is 9.52. The topological polar surface area (TPSA) is 80.0 Å². The minimum absolute atomic E-state index is 0.0297. The molecule has 1 aromatic rings. The Morgan fingerprint density at radius 2 is 1.96 bits per heavy atom. The van der Waals surface area contributed by atoms with Crippen LogP contribution in [0.15, 0.2) is 22.8 Å². The standard InChI is InChI=1S/C18H25NO5/c1-17(2,3)12-6-8-18(9-7-12)19(13(11-24-18)16(21)22)15(20)14-5-4-10-23-14/h4-5,10,12-13H,6-9,11H2,1-3H3,(H,21,22)/t12?,13-,18?/m1/s1. The van der Waals surface area contributed by atoms with E-state index in [1.807, 2.05) is 0 Å². The monoisotopic (exact) mass is 335 g/mol. The molecule has 0 unspecified atom stereocenters. The van der Waals surface area contributed by atoms with Crippen LogP contribution in [0.2, 0.25) is 0 Å². The second-order valence-electron chi connectivity index (χ2n) is 7.90. The molecule has 2 fully saturated rings. The highest BCUT2D eigenvalue weighted by molar-refractivity contribution is 5.95. The number of rotatable bonds is 2. The zero-order valence-electron chi connectivity index (χ0n) is 14.4. The maximum atomic E-state index is 12.9. The van der Waals surface area contributed by atoms with Crippen molar-refractivity contribution in [2.24, 2.45) is 11.3 Å². The number of hydrogen-bond acceptors (Lipinski definition) is 4. The summed E-state index contributed by atoms with van der Waals surface area (Å²) >= 11 is 0. The quantitative estimate of drug-likeness (QED) is 0.898. The van der Waals surface area contributed by atoms with E-state index in [2.05, 4.69) is 20.8 Å². The Morgan fingerprint density at radius 1 is 1.29 bits per heavy atom. The first kappa shape index (κ1) is 17.0. The Bertz CT molecular complexity index is 608. The SMILES string of the molecule is CC(C)(C)C1CCC2(CC1)OC[C@H](C(=O)O)N2C(=O)c1ccco1. The molecule has 1 aliphatic carbocycles. The largest absolute Gasteiger partial charge is 0.480 e. The van der Waals surface area contributed by atoms with E-state index in [0.717, 1.165) is 12.8 Å². The zero-order chi connectivity index (χ0) is 17.5. The van der Waals surface area contributed by atoms with E-state index in [4.69, 9.17) is 9.15 Å². The average Bonchev–Trinajstić information content (AvgIpc) is 3.14. The van der Waals surface area contributed by atoms with Crippen LogP contribution < -0.4 is 0 Å². The van der Waals surface area contributed by atoms with E-state index in [-0.39, 0.29) is 17.8 Å². The molecule has 1 N–H and O–H groups in total. The van der Waals surface area contributed by atoms with Gasteiger partial charge >= 0.3 is 5.97 Å². The number of carboxylic acid groups (broad SMARTS) is 1. The Morgan fingerprint density at radius 3 is 2.46 bits per heavy atom. The van der Waals surface area contributed by atoms with Crippen LogP contribution in [0.25, 0.3) is 0 Å². The van der Waals surface area contributed by atoms with Crippen molar-refractivity contribution in [3.8, 4) is 0 Å². The maximum Gasteiger partial charge on any atom is 0.328 e. The fourth-order valence-corrected chi connectivity index (χ4v) is 4.01. The summed E-state index contributed by atoms with van der Waals surface area (Å²) in [6.07, 6.45) is 4.56. The van der Waals surface area contributed by atoms with E-state index in [1.165, 1.54) is 11.2 Å². The normalized spacial score (nSPS) is 30.7. The van der Waals surface area contributed by atoms with E-state index in [9.17, 15) is 14.7 Å². The molecule has 6 heteroatoms. The van der Waals surface area contributed by atoms with Gasteiger partial charge in [-0.3, -0.25) is 9.69 Å². The van der Waals surface area contributed by atoms with Crippen LogP contribution in [0.1, 0.15) is 57.0 Å². The highest BCUT2D eigenvalue weighted by Gasteiger charge is 2.55. The summed E-state index contributed by atoms with van der Waals surface area (Å²) in [7, 11) is 0. The molecule has 0 aromatic carbocycles. The summed E-state index contributed by atoms with van der Waals surface area (Å²) in [5.74, 6) is -0.746. The Hall–Kier alpha value is -1.82. The van der Waals surface area contributed by atoms with Crippen LogP contribution in [0.4, 0.5) is 0 Å². The average molecular weight is 335 g/mol. The summed E-state index contributed by atoms with van der Waals surface area (Å²) in [4.78, 5) is 25.9. The second-order valence-corrected chi connectivity index (χ2v) is 7.90. The van der Waals surface area contributed by atoms with Gasteiger partial charge in [0, 0.05) is 0 Å². The fraction of sp³-hybridized carbons (Fsp3) is 0.667. The zero-order valence-corrected chi connectivity index (χ0v) is 14.4. The predicted octanol–water partition coefficient (Wildman–Crippen LogP) is 3.14. The first-order valence-electron chi connectivity index (χ1n) is 8.48. The minimum atomic E-state index is -1.04. The van der Waals surface area contributed by atoms with Crippen molar-refractivity contribution in [1.29, 1.82) is 0 Å². The Kier molecular flexibility index (Phi) is 4.20. The number of hydrogen-bond donors (Lipinski definition) is 1. The van der Waals surface area contributed by atoms with Gasteiger partial charge in [-0.05, 0) is 49.1 Å². The van der Waals surface area contributed by atoms with Gasteiger partial charge < -0.3 is 14.3 Å². The third-order valence-electron chi connectivity index (χ3n) is 5.49. The van der Waals surface area contributed by atoms with Crippen molar-refractivity contribution in [2.75, 3.05) is 6.61 Å². The van der Waals surface area contributed by atoms with Crippen molar-refractivity contribution in [1.82, 2.24) is 4.90 Å². The molecule has 1 aliphatic heterocycles. The van der Waals surface area contributed by atoms with Gasteiger partial charge in [-0.25, -0.2) is 4.79 Å². The third-order valence-corrected chi connectivity index (χ3v) is 5.49. The predicted molar refractivity (Wildman–Crippen MR) is 86.4 cm³/mol. The van der Waals surface area contributed by atoms with Crippen LogP contribution in [-0.4, -0.2) is 40.3 Å². The molecule has 2 heterocycles. The summed E-state index contributed by atoms with van der Waals surface area (Å²) in [5.41, 5.74) is -0.628. The van der Waals surface area contributed by atoms with Crippen molar-refractivity contribution in [3.63, 3.8) is 0 Å². The first-order chi connectivity index (χ1) is 11.2. The van der Waals surface area contributed by atoms with Gasteiger partial charge in [-0.1, -0.05) is 20.8 Å². The van der Waals surface area contributed by atoms with Gasteiger partial charge in [0.25, 0.3) is 5.91 Å². The molecule has 1 atom stereocenters. The van der Waals surface area contributed by atoms with E-state index in [1.54, 1.807) is 12.1 Å².